The van der Waals surface area contributed by atoms with Crippen LogP contribution >= 0.6 is 0 Å². The van der Waals surface area contributed by atoms with Crippen LogP contribution in [0.5, 0.6) is 0 Å². The first kappa shape index (κ1) is 9.01. The van der Waals surface area contributed by atoms with Gasteiger partial charge in [-0.2, -0.15) is 5.26 Å². The third-order valence-electron chi connectivity index (χ3n) is 1.75. The number of ether oxygens (including phenoxy) is 1. The zero-order chi connectivity index (χ0) is 8.97. The normalized spacial score (nSPS) is 20.3. The highest BCUT2D eigenvalue weighted by Gasteiger charge is 2.37. The van der Waals surface area contributed by atoms with Crippen molar-refractivity contribution in [3.8, 4) is 6.07 Å². The standard InChI is InChI=1S/C8H12N2O2/c1-2-12-4-3-8(11)10-6-7(10)5-9/h7H,2-4,6H2,1H3. The van der Waals surface area contributed by atoms with Crippen LogP contribution in [0, 0.1) is 11.3 Å². The van der Waals surface area contributed by atoms with E-state index >= 15 is 0 Å². The summed E-state index contributed by atoms with van der Waals surface area (Å²) in [6.45, 7) is 3.58. The first-order valence-electron chi connectivity index (χ1n) is 4.06. The van der Waals surface area contributed by atoms with Crippen LogP contribution in [0.2, 0.25) is 0 Å². The van der Waals surface area contributed by atoms with Crippen LogP contribution in [0.25, 0.3) is 0 Å². The van der Waals surface area contributed by atoms with Crippen molar-refractivity contribution in [3.05, 3.63) is 0 Å². The predicted molar refractivity (Wildman–Crippen MR) is 42.2 cm³/mol. The summed E-state index contributed by atoms with van der Waals surface area (Å²) in [5.41, 5.74) is 0. The summed E-state index contributed by atoms with van der Waals surface area (Å²) in [7, 11) is 0. The summed E-state index contributed by atoms with van der Waals surface area (Å²) in [6, 6.07) is 1.86. The molecule has 0 aromatic heterocycles. The van der Waals surface area contributed by atoms with E-state index in [1.54, 1.807) is 4.90 Å². The van der Waals surface area contributed by atoms with E-state index in [1.165, 1.54) is 0 Å². The summed E-state index contributed by atoms with van der Waals surface area (Å²) in [5.74, 6) is 0.0231. The molecule has 0 aromatic carbocycles. The second-order valence-electron chi connectivity index (χ2n) is 2.64. The minimum Gasteiger partial charge on any atom is -0.381 e. The van der Waals surface area contributed by atoms with Crippen LogP contribution in [-0.4, -0.2) is 36.6 Å². The molecule has 1 aliphatic heterocycles. The van der Waals surface area contributed by atoms with Crippen molar-refractivity contribution >= 4 is 5.91 Å². The Bertz CT molecular complexity index is 210. The maximum atomic E-state index is 11.1. The second-order valence-corrected chi connectivity index (χ2v) is 2.64. The number of carbonyl (C=O) groups is 1. The van der Waals surface area contributed by atoms with Gasteiger partial charge < -0.3 is 9.64 Å². The smallest absolute Gasteiger partial charge is 0.226 e. The van der Waals surface area contributed by atoms with E-state index in [4.69, 9.17) is 10.00 Å². The van der Waals surface area contributed by atoms with Gasteiger partial charge in [0.1, 0.15) is 6.04 Å². The fourth-order valence-electron chi connectivity index (χ4n) is 0.973. The van der Waals surface area contributed by atoms with Gasteiger partial charge in [-0.25, -0.2) is 0 Å². The Labute approximate surface area is 71.7 Å². The Morgan fingerprint density at radius 2 is 2.58 bits per heavy atom. The van der Waals surface area contributed by atoms with Gasteiger partial charge in [-0.3, -0.25) is 4.79 Å². The molecule has 1 heterocycles. The second kappa shape index (κ2) is 4.07. The Hall–Kier alpha value is -1.08. The van der Waals surface area contributed by atoms with E-state index in [0.29, 0.717) is 26.2 Å². The molecule has 0 aromatic rings. The van der Waals surface area contributed by atoms with Gasteiger partial charge in [0, 0.05) is 6.61 Å². The quantitative estimate of drug-likeness (QED) is 0.443. The third kappa shape index (κ3) is 2.21. The molecule has 1 saturated heterocycles. The first-order chi connectivity index (χ1) is 5.79. The highest BCUT2D eigenvalue weighted by atomic mass is 16.5. The number of nitrogens with zero attached hydrogens (tertiary/aromatic N) is 2. The predicted octanol–water partition coefficient (Wildman–Crippen LogP) is 0.147. The van der Waals surface area contributed by atoms with Crippen molar-refractivity contribution in [2.75, 3.05) is 19.8 Å². The highest BCUT2D eigenvalue weighted by molar-refractivity contribution is 5.79. The lowest BCUT2D eigenvalue weighted by Crippen LogP contribution is -2.15. The molecule has 4 heteroatoms. The summed E-state index contributed by atoms with van der Waals surface area (Å²) in [4.78, 5) is 12.7. The molecule has 1 rings (SSSR count). The van der Waals surface area contributed by atoms with Crippen molar-refractivity contribution in [2.45, 2.75) is 19.4 Å². The van der Waals surface area contributed by atoms with E-state index < -0.39 is 0 Å². The molecule has 12 heavy (non-hydrogen) atoms. The Morgan fingerprint density at radius 3 is 3.08 bits per heavy atom. The maximum absolute atomic E-state index is 11.1. The number of rotatable bonds is 4. The van der Waals surface area contributed by atoms with Crippen LogP contribution < -0.4 is 0 Å². The monoisotopic (exact) mass is 168 g/mol. The van der Waals surface area contributed by atoms with Gasteiger partial charge in [-0.05, 0) is 6.92 Å². The molecular formula is C8H12N2O2. The van der Waals surface area contributed by atoms with Crippen LogP contribution in [0.3, 0.4) is 0 Å². The zero-order valence-corrected chi connectivity index (χ0v) is 7.12. The van der Waals surface area contributed by atoms with Crippen LogP contribution in [0.15, 0.2) is 0 Å². The van der Waals surface area contributed by atoms with Crippen molar-refractivity contribution in [2.24, 2.45) is 0 Å². The molecular weight excluding hydrogens is 156 g/mol. The van der Waals surface area contributed by atoms with E-state index in [1.807, 2.05) is 13.0 Å². The van der Waals surface area contributed by atoms with Crippen molar-refractivity contribution in [1.82, 2.24) is 4.90 Å². The van der Waals surface area contributed by atoms with Crippen molar-refractivity contribution in [3.63, 3.8) is 0 Å². The molecule has 1 atom stereocenters. The van der Waals surface area contributed by atoms with Crippen LogP contribution in [0.1, 0.15) is 13.3 Å². The summed E-state index contributed by atoms with van der Waals surface area (Å²) < 4.78 is 5.02. The number of carbonyl (C=O) groups excluding carboxylic acids is 1. The van der Waals surface area contributed by atoms with E-state index in [2.05, 4.69) is 0 Å². The molecule has 1 aliphatic rings. The van der Waals surface area contributed by atoms with Gasteiger partial charge in [0.15, 0.2) is 0 Å². The van der Waals surface area contributed by atoms with Gasteiger partial charge in [-0.15, -0.1) is 0 Å². The number of hydrogen-bond acceptors (Lipinski definition) is 3. The van der Waals surface area contributed by atoms with E-state index in [9.17, 15) is 4.79 Å². The lowest BCUT2D eigenvalue weighted by Gasteiger charge is -2.01. The zero-order valence-electron chi connectivity index (χ0n) is 7.12. The largest absolute Gasteiger partial charge is 0.381 e. The lowest BCUT2D eigenvalue weighted by atomic mass is 10.4. The lowest BCUT2D eigenvalue weighted by molar-refractivity contribution is -0.127. The topological polar surface area (TPSA) is 53.1 Å². The van der Waals surface area contributed by atoms with Crippen molar-refractivity contribution < 1.29 is 9.53 Å². The fraction of sp³-hybridized carbons (Fsp3) is 0.750. The Balaban J connectivity index is 2.11. The summed E-state index contributed by atoms with van der Waals surface area (Å²) >= 11 is 0. The summed E-state index contributed by atoms with van der Waals surface area (Å²) in [5, 5.41) is 8.42. The van der Waals surface area contributed by atoms with Gasteiger partial charge in [0.25, 0.3) is 0 Å². The highest BCUT2D eigenvalue weighted by Crippen LogP contribution is 2.16. The van der Waals surface area contributed by atoms with Gasteiger partial charge >= 0.3 is 0 Å². The molecule has 1 amide bonds. The number of amides is 1. The molecule has 1 unspecified atom stereocenters. The van der Waals surface area contributed by atoms with E-state index in [-0.39, 0.29) is 11.9 Å². The Kier molecular flexibility index (Phi) is 3.06. The molecule has 0 radical (unpaired) electrons. The average Bonchev–Trinajstić information content (AvgIpc) is 2.83. The average molecular weight is 168 g/mol. The fourth-order valence-corrected chi connectivity index (χ4v) is 0.973. The molecule has 0 N–H and O–H groups in total. The molecule has 0 bridgehead atoms. The maximum Gasteiger partial charge on any atom is 0.226 e. The molecule has 66 valence electrons. The first-order valence-corrected chi connectivity index (χ1v) is 4.06. The van der Waals surface area contributed by atoms with E-state index in [0.717, 1.165) is 0 Å². The molecule has 0 spiro atoms. The molecule has 4 nitrogen and oxygen atoms in total. The minimum atomic E-state index is -0.167. The minimum absolute atomic E-state index is 0.0231. The SMILES string of the molecule is CCOCCC(=O)N1CC1C#N. The molecule has 1 fully saturated rings. The van der Waals surface area contributed by atoms with Gasteiger partial charge in [-0.1, -0.05) is 0 Å². The number of hydrogen-bond donors (Lipinski definition) is 0. The molecule has 0 saturated carbocycles. The third-order valence-corrected chi connectivity index (χ3v) is 1.75. The molecule has 0 aliphatic carbocycles. The summed E-state index contributed by atoms with van der Waals surface area (Å²) in [6.07, 6.45) is 0.395. The Morgan fingerprint density at radius 1 is 1.83 bits per heavy atom. The van der Waals surface area contributed by atoms with Gasteiger partial charge in [0.2, 0.25) is 5.91 Å². The van der Waals surface area contributed by atoms with Crippen LogP contribution in [-0.2, 0) is 9.53 Å². The van der Waals surface area contributed by atoms with Crippen molar-refractivity contribution in [1.29, 1.82) is 5.26 Å². The number of nitriles is 1. The van der Waals surface area contributed by atoms with Crippen LogP contribution in [0.4, 0.5) is 0 Å². The van der Waals surface area contributed by atoms with Gasteiger partial charge in [0.05, 0.1) is 25.6 Å².